The molecule has 20 heavy (non-hydrogen) atoms. The van der Waals surface area contributed by atoms with E-state index in [1.807, 2.05) is 18.2 Å². The Labute approximate surface area is 125 Å². The van der Waals surface area contributed by atoms with Crippen molar-refractivity contribution in [2.45, 2.75) is 50.5 Å². The van der Waals surface area contributed by atoms with Gasteiger partial charge in [-0.1, -0.05) is 56.5 Å². The van der Waals surface area contributed by atoms with Crippen molar-refractivity contribution in [1.82, 2.24) is 0 Å². The first-order valence-electron chi connectivity index (χ1n) is 7.09. The predicted octanol–water partition coefficient (Wildman–Crippen LogP) is 3.63. The third kappa shape index (κ3) is 4.80. The molecule has 4 heteroatoms. The van der Waals surface area contributed by atoms with Gasteiger partial charge in [0.25, 0.3) is 0 Å². The average molecular weight is 299 g/mol. The molecule has 0 aliphatic heterocycles. The number of halogens is 1. The minimum absolute atomic E-state index is 0.331. The lowest BCUT2D eigenvalue weighted by Crippen LogP contribution is -2.39. The van der Waals surface area contributed by atoms with E-state index in [2.05, 4.69) is 6.92 Å². The first-order chi connectivity index (χ1) is 9.50. The van der Waals surface area contributed by atoms with E-state index in [0.29, 0.717) is 12.2 Å². The van der Waals surface area contributed by atoms with Crippen LogP contribution in [-0.4, -0.2) is 23.8 Å². The molecule has 0 fully saturated rings. The molecule has 0 saturated carbocycles. The van der Waals surface area contributed by atoms with Crippen LogP contribution in [0.1, 0.15) is 45.1 Å². The van der Waals surface area contributed by atoms with E-state index in [1.165, 1.54) is 0 Å². The lowest BCUT2D eigenvalue weighted by Gasteiger charge is -2.27. The van der Waals surface area contributed by atoms with Gasteiger partial charge in [0.2, 0.25) is 0 Å². The van der Waals surface area contributed by atoms with Gasteiger partial charge < -0.3 is 9.84 Å². The summed E-state index contributed by atoms with van der Waals surface area (Å²) in [5, 5.41) is 10.1. The molecule has 1 rings (SSSR count). The molecular weight excluding hydrogens is 276 g/mol. The molecule has 0 unspecified atom stereocenters. The van der Waals surface area contributed by atoms with E-state index in [-0.39, 0.29) is 0 Å². The average Bonchev–Trinajstić information content (AvgIpc) is 2.47. The number of esters is 1. The quantitative estimate of drug-likeness (QED) is 0.453. The monoisotopic (exact) mass is 298 g/mol. The van der Waals surface area contributed by atoms with Gasteiger partial charge in [0, 0.05) is 0 Å². The van der Waals surface area contributed by atoms with E-state index in [0.717, 1.165) is 25.7 Å². The Bertz CT molecular complexity index is 403. The standard InChI is InChI=1S/C16H23ClO3/c1-3-4-5-9-12-20-15(19)14(18)16(2,17)13-10-7-6-8-11-13/h6-8,10-11,14,18H,3-5,9,12H2,1-2H3/t14-,16-/m0/s1. The Hall–Kier alpha value is -1.06. The van der Waals surface area contributed by atoms with Crippen molar-refractivity contribution in [1.29, 1.82) is 0 Å². The van der Waals surface area contributed by atoms with E-state index in [9.17, 15) is 9.90 Å². The third-order valence-electron chi connectivity index (χ3n) is 3.32. The maximum Gasteiger partial charge on any atom is 0.337 e. The fourth-order valence-corrected chi connectivity index (χ4v) is 2.14. The molecule has 0 aromatic heterocycles. The molecule has 0 heterocycles. The largest absolute Gasteiger partial charge is 0.464 e. The zero-order chi connectivity index (χ0) is 15.0. The number of carbonyl (C=O) groups excluding carboxylic acids is 1. The number of aliphatic hydroxyl groups is 1. The lowest BCUT2D eigenvalue weighted by molar-refractivity contribution is -0.155. The number of rotatable bonds is 8. The molecule has 3 nitrogen and oxygen atoms in total. The van der Waals surface area contributed by atoms with Gasteiger partial charge in [-0.25, -0.2) is 4.79 Å². The van der Waals surface area contributed by atoms with Crippen LogP contribution in [0.2, 0.25) is 0 Å². The maximum absolute atomic E-state index is 11.8. The molecule has 0 bridgehead atoms. The van der Waals surface area contributed by atoms with Gasteiger partial charge in [0.05, 0.1) is 6.61 Å². The summed E-state index contributed by atoms with van der Waals surface area (Å²) in [6.45, 7) is 4.07. The SMILES string of the molecule is CCCCCCOC(=O)[C@H](O)[C@@](C)(Cl)c1ccccc1. The summed E-state index contributed by atoms with van der Waals surface area (Å²) in [5.41, 5.74) is 0.692. The lowest BCUT2D eigenvalue weighted by atomic mass is 9.94. The van der Waals surface area contributed by atoms with Crippen LogP contribution in [0.25, 0.3) is 0 Å². The summed E-state index contributed by atoms with van der Waals surface area (Å²) in [4.78, 5) is 10.7. The highest BCUT2D eigenvalue weighted by atomic mass is 35.5. The van der Waals surface area contributed by atoms with Crippen molar-refractivity contribution in [2.24, 2.45) is 0 Å². The summed E-state index contributed by atoms with van der Waals surface area (Å²) in [7, 11) is 0. The molecule has 0 aliphatic rings. The van der Waals surface area contributed by atoms with Gasteiger partial charge in [-0.15, -0.1) is 11.6 Å². The third-order valence-corrected chi connectivity index (χ3v) is 3.74. The van der Waals surface area contributed by atoms with Gasteiger partial charge in [0.15, 0.2) is 6.10 Å². The van der Waals surface area contributed by atoms with E-state index >= 15 is 0 Å². The van der Waals surface area contributed by atoms with Crippen molar-refractivity contribution in [3.63, 3.8) is 0 Å². The minimum Gasteiger partial charge on any atom is -0.464 e. The number of benzene rings is 1. The molecule has 0 amide bonds. The highest BCUT2D eigenvalue weighted by Gasteiger charge is 2.38. The molecule has 1 N–H and O–H groups in total. The Balaban J connectivity index is 2.51. The van der Waals surface area contributed by atoms with E-state index in [1.54, 1.807) is 19.1 Å². The summed E-state index contributed by atoms with van der Waals surface area (Å²) < 4.78 is 5.08. The second-order valence-corrected chi connectivity index (χ2v) is 5.86. The van der Waals surface area contributed by atoms with Crippen molar-refractivity contribution >= 4 is 17.6 Å². The number of unbranched alkanes of at least 4 members (excludes halogenated alkanes) is 3. The number of hydrogen-bond donors (Lipinski definition) is 1. The van der Waals surface area contributed by atoms with Crippen LogP contribution >= 0.6 is 11.6 Å². The highest BCUT2D eigenvalue weighted by Crippen LogP contribution is 2.32. The summed E-state index contributed by atoms with van der Waals surface area (Å²) >= 11 is 6.32. The smallest absolute Gasteiger partial charge is 0.337 e. The second kappa shape index (κ2) is 8.28. The van der Waals surface area contributed by atoms with Crippen molar-refractivity contribution in [2.75, 3.05) is 6.61 Å². The molecular formula is C16H23ClO3. The molecule has 2 atom stereocenters. The first-order valence-corrected chi connectivity index (χ1v) is 7.47. The van der Waals surface area contributed by atoms with E-state index in [4.69, 9.17) is 16.3 Å². The number of alkyl halides is 1. The first kappa shape index (κ1) is 17.0. The zero-order valence-electron chi connectivity index (χ0n) is 12.1. The summed E-state index contributed by atoms with van der Waals surface area (Å²) in [5.74, 6) is -0.664. The number of hydrogen-bond acceptors (Lipinski definition) is 3. The van der Waals surface area contributed by atoms with Gasteiger partial charge in [-0.2, -0.15) is 0 Å². The second-order valence-electron chi connectivity index (χ2n) is 5.07. The van der Waals surface area contributed by atoms with Gasteiger partial charge in [-0.3, -0.25) is 0 Å². The molecule has 0 saturated heterocycles. The fraction of sp³-hybridized carbons (Fsp3) is 0.562. The Morgan fingerprint density at radius 1 is 1.30 bits per heavy atom. The Morgan fingerprint density at radius 3 is 2.55 bits per heavy atom. The molecule has 0 radical (unpaired) electrons. The van der Waals surface area contributed by atoms with Gasteiger partial charge >= 0.3 is 5.97 Å². The summed E-state index contributed by atoms with van der Waals surface area (Å²) in [6.07, 6.45) is 2.72. The van der Waals surface area contributed by atoms with Crippen LogP contribution in [0.3, 0.4) is 0 Å². The molecule has 0 aliphatic carbocycles. The molecule has 112 valence electrons. The molecule has 0 spiro atoms. The van der Waals surface area contributed by atoms with E-state index < -0.39 is 16.9 Å². The van der Waals surface area contributed by atoms with Crippen LogP contribution in [0.15, 0.2) is 30.3 Å². The predicted molar refractivity (Wildman–Crippen MR) is 80.8 cm³/mol. The van der Waals surface area contributed by atoms with Crippen LogP contribution in [0.5, 0.6) is 0 Å². The van der Waals surface area contributed by atoms with Crippen molar-refractivity contribution in [3.8, 4) is 0 Å². The molecule has 1 aromatic carbocycles. The number of carbonyl (C=O) groups is 1. The number of aliphatic hydroxyl groups excluding tert-OH is 1. The van der Waals surface area contributed by atoms with Crippen LogP contribution in [-0.2, 0) is 14.4 Å². The number of ether oxygens (including phenoxy) is 1. The topological polar surface area (TPSA) is 46.5 Å². The highest BCUT2D eigenvalue weighted by molar-refractivity contribution is 6.25. The van der Waals surface area contributed by atoms with Gasteiger partial charge in [0.1, 0.15) is 4.87 Å². The maximum atomic E-state index is 11.8. The molecule has 1 aromatic rings. The fourth-order valence-electron chi connectivity index (χ4n) is 1.92. The Kier molecular flexibility index (Phi) is 7.03. The summed E-state index contributed by atoms with van der Waals surface area (Å²) in [6, 6.07) is 9.06. The Morgan fingerprint density at radius 2 is 1.95 bits per heavy atom. The van der Waals surface area contributed by atoms with Crippen LogP contribution in [0.4, 0.5) is 0 Å². The zero-order valence-corrected chi connectivity index (χ0v) is 12.9. The van der Waals surface area contributed by atoms with Crippen molar-refractivity contribution < 1.29 is 14.6 Å². The van der Waals surface area contributed by atoms with Crippen LogP contribution < -0.4 is 0 Å². The minimum atomic E-state index is -1.38. The van der Waals surface area contributed by atoms with Gasteiger partial charge in [-0.05, 0) is 18.9 Å². The van der Waals surface area contributed by atoms with Crippen molar-refractivity contribution in [3.05, 3.63) is 35.9 Å². The normalized spacial score (nSPS) is 15.4. The van der Waals surface area contributed by atoms with Crippen LogP contribution in [0, 0.1) is 0 Å².